The lowest BCUT2D eigenvalue weighted by Crippen LogP contribution is -2.50. The number of nitrogens with zero attached hydrogens (tertiary/aromatic N) is 5. The minimum Gasteiger partial charge on any atom is -0.338 e. The molecule has 2 saturated heterocycles. The molecule has 26 heavy (non-hydrogen) atoms. The predicted octanol–water partition coefficient (Wildman–Crippen LogP) is 3.11. The zero-order valence-electron chi connectivity index (χ0n) is 14.8. The van der Waals surface area contributed by atoms with Crippen LogP contribution in [0.25, 0.3) is 11.4 Å². The first-order valence-corrected chi connectivity index (χ1v) is 9.44. The van der Waals surface area contributed by atoms with Crippen LogP contribution in [0.3, 0.4) is 0 Å². The van der Waals surface area contributed by atoms with Crippen LogP contribution in [0.4, 0.5) is 0 Å². The third-order valence-corrected chi connectivity index (χ3v) is 5.78. The topological polar surface area (TPSA) is 60.0 Å². The number of piperidine rings is 2. The second kappa shape index (κ2) is 6.36. The Labute approximate surface area is 152 Å². The summed E-state index contributed by atoms with van der Waals surface area (Å²) in [5.74, 6) is 1.53. The van der Waals surface area contributed by atoms with Crippen LogP contribution >= 0.6 is 0 Å². The maximum absolute atomic E-state index is 5.75. The standard InChI is InChI=1S/C20H23N5O/c1-8-20(9-2-12-24(11-1)15-20)19-22-18(23-26-19)17-6-4-16(5-7-17)14-25-13-3-10-21-25/h3-7,10,13H,1-2,8-9,11-12,14-15H2. The molecule has 0 aliphatic carbocycles. The Morgan fingerprint density at radius 2 is 1.88 bits per heavy atom. The van der Waals surface area contributed by atoms with Crippen LogP contribution in [0.2, 0.25) is 0 Å². The van der Waals surface area contributed by atoms with Gasteiger partial charge in [0.15, 0.2) is 0 Å². The van der Waals surface area contributed by atoms with E-state index in [0.717, 1.165) is 37.4 Å². The molecule has 0 saturated carbocycles. The van der Waals surface area contributed by atoms with Crippen molar-refractivity contribution in [2.75, 3.05) is 19.6 Å². The molecule has 0 atom stereocenters. The van der Waals surface area contributed by atoms with E-state index >= 15 is 0 Å². The molecule has 0 spiro atoms. The number of aromatic nitrogens is 4. The molecule has 2 bridgehead atoms. The molecule has 0 amide bonds. The number of benzene rings is 1. The zero-order chi connectivity index (χ0) is 17.4. The molecule has 0 unspecified atom stereocenters. The van der Waals surface area contributed by atoms with Crippen molar-refractivity contribution in [2.45, 2.75) is 37.6 Å². The van der Waals surface area contributed by atoms with Crippen LogP contribution in [0, 0.1) is 0 Å². The van der Waals surface area contributed by atoms with E-state index in [1.165, 1.54) is 31.5 Å². The first-order valence-electron chi connectivity index (χ1n) is 9.44. The van der Waals surface area contributed by atoms with Gasteiger partial charge in [-0.05, 0) is 50.4 Å². The SMILES string of the molecule is c1cnn(Cc2ccc(-c3noc(C45CCCN(CCC4)C5)n3)cc2)c1. The van der Waals surface area contributed by atoms with Crippen molar-refractivity contribution in [1.29, 1.82) is 0 Å². The van der Waals surface area contributed by atoms with Crippen LogP contribution in [-0.4, -0.2) is 44.5 Å². The molecule has 134 valence electrons. The van der Waals surface area contributed by atoms with Crippen LogP contribution in [0.5, 0.6) is 0 Å². The number of hydrogen-bond donors (Lipinski definition) is 0. The van der Waals surface area contributed by atoms with Gasteiger partial charge in [0.2, 0.25) is 11.7 Å². The van der Waals surface area contributed by atoms with Crippen LogP contribution < -0.4 is 0 Å². The molecule has 6 heteroatoms. The maximum atomic E-state index is 5.75. The third kappa shape index (κ3) is 2.84. The second-order valence-electron chi connectivity index (χ2n) is 7.59. The number of hydrogen-bond acceptors (Lipinski definition) is 5. The summed E-state index contributed by atoms with van der Waals surface area (Å²) < 4.78 is 7.66. The number of rotatable bonds is 4. The van der Waals surface area contributed by atoms with Crippen molar-refractivity contribution in [3.05, 3.63) is 54.2 Å². The minimum atomic E-state index is 0.0712. The first-order chi connectivity index (χ1) is 12.8. The Hall–Kier alpha value is -2.47. The molecule has 0 N–H and O–H groups in total. The highest BCUT2D eigenvalue weighted by Crippen LogP contribution is 2.40. The lowest BCUT2D eigenvalue weighted by atomic mass is 9.73. The normalized spacial score (nSPS) is 25.3. The van der Waals surface area contributed by atoms with Crippen molar-refractivity contribution < 1.29 is 4.52 Å². The summed E-state index contributed by atoms with van der Waals surface area (Å²) >= 11 is 0. The van der Waals surface area contributed by atoms with Crippen molar-refractivity contribution in [3.8, 4) is 11.4 Å². The van der Waals surface area contributed by atoms with Crippen molar-refractivity contribution in [2.24, 2.45) is 0 Å². The summed E-state index contributed by atoms with van der Waals surface area (Å²) in [5.41, 5.74) is 2.28. The van der Waals surface area contributed by atoms with Gasteiger partial charge in [-0.1, -0.05) is 29.4 Å². The Bertz CT molecular complexity index is 858. The lowest BCUT2D eigenvalue weighted by Gasteiger charge is -2.44. The van der Waals surface area contributed by atoms with Gasteiger partial charge in [-0.2, -0.15) is 10.1 Å². The van der Waals surface area contributed by atoms with E-state index in [9.17, 15) is 0 Å². The van der Waals surface area contributed by atoms with E-state index in [2.05, 4.69) is 39.4 Å². The van der Waals surface area contributed by atoms with E-state index in [0.29, 0.717) is 5.82 Å². The van der Waals surface area contributed by atoms with Gasteiger partial charge in [0.25, 0.3) is 0 Å². The molecular weight excluding hydrogens is 326 g/mol. The summed E-state index contributed by atoms with van der Waals surface area (Å²) in [6, 6.07) is 10.3. The molecule has 2 fully saturated rings. The Kier molecular flexibility index (Phi) is 3.85. The Morgan fingerprint density at radius 1 is 1.08 bits per heavy atom. The fourth-order valence-electron chi connectivity index (χ4n) is 4.44. The second-order valence-corrected chi connectivity index (χ2v) is 7.59. The highest BCUT2D eigenvalue weighted by molar-refractivity contribution is 5.54. The van der Waals surface area contributed by atoms with E-state index in [1.807, 2.05) is 16.9 Å². The highest BCUT2D eigenvalue weighted by Gasteiger charge is 2.43. The predicted molar refractivity (Wildman–Crippen MR) is 97.6 cm³/mol. The minimum absolute atomic E-state index is 0.0712. The van der Waals surface area contributed by atoms with Crippen LogP contribution in [0.15, 0.2) is 47.2 Å². The highest BCUT2D eigenvalue weighted by atomic mass is 16.5. The van der Waals surface area contributed by atoms with Gasteiger partial charge in [-0.25, -0.2) is 0 Å². The summed E-state index contributed by atoms with van der Waals surface area (Å²) in [6.07, 6.45) is 8.53. The summed E-state index contributed by atoms with van der Waals surface area (Å²) in [5, 5.41) is 8.54. The number of fused-ring (bicyclic) bond motifs is 2. The summed E-state index contributed by atoms with van der Waals surface area (Å²) in [7, 11) is 0. The molecule has 1 aromatic carbocycles. The molecule has 4 heterocycles. The molecule has 3 aromatic rings. The molecule has 2 aliphatic rings. The van der Waals surface area contributed by atoms with Gasteiger partial charge in [-0.3, -0.25) is 4.68 Å². The Balaban J connectivity index is 1.36. The average molecular weight is 349 g/mol. The van der Waals surface area contributed by atoms with Crippen LogP contribution in [-0.2, 0) is 12.0 Å². The van der Waals surface area contributed by atoms with Crippen molar-refractivity contribution in [1.82, 2.24) is 24.8 Å². The smallest absolute Gasteiger partial charge is 0.234 e. The van der Waals surface area contributed by atoms with Crippen molar-refractivity contribution >= 4 is 0 Å². The van der Waals surface area contributed by atoms with E-state index in [-0.39, 0.29) is 5.41 Å². The van der Waals surface area contributed by atoms with E-state index in [1.54, 1.807) is 6.20 Å². The van der Waals surface area contributed by atoms with Gasteiger partial charge < -0.3 is 9.42 Å². The third-order valence-electron chi connectivity index (χ3n) is 5.78. The van der Waals surface area contributed by atoms with Crippen molar-refractivity contribution in [3.63, 3.8) is 0 Å². The lowest BCUT2D eigenvalue weighted by molar-refractivity contribution is 0.0711. The molecular formula is C20H23N5O. The van der Waals surface area contributed by atoms with Crippen LogP contribution in [0.1, 0.15) is 37.1 Å². The zero-order valence-corrected chi connectivity index (χ0v) is 14.8. The maximum Gasteiger partial charge on any atom is 0.234 e. The molecule has 2 aromatic heterocycles. The molecule has 2 aliphatic heterocycles. The fourth-order valence-corrected chi connectivity index (χ4v) is 4.44. The van der Waals surface area contributed by atoms with Gasteiger partial charge in [0.05, 0.1) is 12.0 Å². The fraction of sp³-hybridized carbons (Fsp3) is 0.450. The van der Waals surface area contributed by atoms with Gasteiger partial charge >= 0.3 is 0 Å². The largest absolute Gasteiger partial charge is 0.338 e. The van der Waals surface area contributed by atoms with E-state index < -0.39 is 0 Å². The Morgan fingerprint density at radius 3 is 2.62 bits per heavy atom. The van der Waals surface area contributed by atoms with Gasteiger partial charge in [0, 0.05) is 24.5 Å². The summed E-state index contributed by atoms with van der Waals surface area (Å²) in [4.78, 5) is 7.34. The molecule has 6 nitrogen and oxygen atoms in total. The average Bonchev–Trinajstić information content (AvgIpc) is 3.35. The quantitative estimate of drug-likeness (QED) is 0.724. The molecule has 0 radical (unpaired) electrons. The van der Waals surface area contributed by atoms with Gasteiger partial charge in [0.1, 0.15) is 0 Å². The molecule has 5 rings (SSSR count). The summed E-state index contributed by atoms with van der Waals surface area (Å²) in [6.45, 7) is 4.25. The monoisotopic (exact) mass is 349 g/mol. The van der Waals surface area contributed by atoms with E-state index in [4.69, 9.17) is 9.51 Å². The van der Waals surface area contributed by atoms with Gasteiger partial charge in [-0.15, -0.1) is 0 Å². The first kappa shape index (κ1) is 15.8.